The van der Waals surface area contributed by atoms with E-state index in [1.54, 1.807) is 62.4 Å². The van der Waals surface area contributed by atoms with E-state index in [-0.39, 0.29) is 22.8 Å². The maximum Gasteiger partial charge on any atom is 0.338 e. The lowest BCUT2D eigenvalue weighted by atomic mass is 10.1. The summed E-state index contributed by atoms with van der Waals surface area (Å²) in [7, 11) is -3.87. The van der Waals surface area contributed by atoms with Crippen molar-refractivity contribution >= 4 is 33.3 Å². The van der Waals surface area contributed by atoms with Crippen molar-refractivity contribution in [2.75, 3.05) is 16.6 Å². The highest BCUT2D eigenvalue weighted by atomic mass is 32.2. The van der Waals surface area contributed by atoms with E-state index in [9.17, 15) is 18.0 Å². The van der Waals surface area contributed by atoms with Gasteiger partial charge in [0.25, 0.3) is 15.9 Å². The SMILES string of the molecule is CCOC(=O)c1cccc(NC(=O)c2ccccc2NS(=O)(=O)c2ccccc2)c1C. The van der Waals surface area contributed by atoms with Crippen LogP contribution in [0.15, 0.2) is 77.7 Å². The van der Waals surface area contributed by atoms with Gasteiger partial charge in [-0.25, -0.2) is 13.2 Å². The van der Waals surface area contributed by atoms with Crippen LogP contribution in [0.25, 0.3) is 0 Å². The Labute approximate surface area is 181 Å². The maximum atomic E-state index is 13.0. The van der Waals surface area contributed by atoms with Crippen LogP contribution in [-0.4, -0.2) is 26.9 Å². The molecule has 0 radical (unpaired) electrons. The smallest absolute Gasteiger partial charge is 0.338 e. The quantitative estimate of drug-likeness (QED) is 0.538. The maximum absolute atomic E-state index is 13.0. The molecule has 0 unspecified atom stereocenters. The molecule has 7 nitrogen and oxygen atoms in total. The molecule has 0 aliphatic carbocycles. The highest BCUT2D eigenvalue weighted by molar-refractivity contribution is 7.92. The summed E-state index contributed by atoms with van der Waals surface area (Å²) in [5.74, 6) is -0.998. The van der Waals surface area contributed by atoms with Gasteiger partial charge in [-0.2, -0.15) is 0 Å². The monoisotopic (exact) mass is 438 g/mol. The standard InChI is InChI=1S/C23H22N2O5S/c1-3-30-23(27)18-13-9-15-20(16(18)2)24-22(26)19-12-7-8-14-21(19)25-31(28,29)17-10-5-4-6-11-17/h4-15,25H,3H2,1-2H3,(H,24,26). The minimum atomic E-state index is -3.87. The number of esters is 1. The number of rotatable bonds is 7. The van der Waals surface area contributed by atoms with Crippen molar-refractivity contribution < 1.29 is 22.7 Å². The number of ether oxygens (including phenoxy) is 1. The van der Waals surface area contributed by atoms with E-state index in [2.05, 4.69) is 10.0 Å². The van der Waals surface area contributed by atoms with Gasteiger partial charge in [-0.15, -0.1) is 0 Å². The molecule has 3 aromatic rings. The van der Waals surface area contributed by atoms with Crippen LogP contribution in [0.1, 0.15) is 33.2 Å². The van der Waals surface area contributed by atoms with Gasteiger partial charge >= 0.3 is 5.97 Å². The largest absolute Gasteiger partial charge is 0.462 e. The molecule has 0 saturated carbocycles. The lowest BCUT2D eigenvalue weighted by molar-refractivity contribution is 0.0525. The molecular weight excluding hydrogens is 416 g/mol. The summed E-state index contributed by atoms with van der Waals surface area (Å²) in [6.07, 6.45) is 0. The van der Waals surface area contributed by atoms with Gasteiger partial charge in [0, 0.05) is 5.69 Å². The minimum Gasteiger partial charge on any atom is -0.462 e. The second kappa shape index (κ2) is 9.44. The van der Waals surface area contributed by atoms with Crippen LogP contribution in [-0.2, 0) is 14.8 Å². The number of sulfonamides is 1. The summed E-state index contributed by atoms with van der Waals surface area (Å²) >= 11 is 0. The number of carbonyl (C=O) groups is 2. The lowest BCUT2D eigenvalue weighted by Gasteiger charge is -2.15. The van der Waals surface area contributed by atoms with E-state index in [4.69, 9.17) is 4.74 Å². The van der Waals surface area contributed by atoms with E-state index in [0.29, 0.717) is 16.8 Å². The number of benzene rings is 3. The Balaban J connectivity index is 1.88. The molecule has 31 heavy (non-hydrogen) atoms. The van der Waals surface area contributed by atoms with Crippen molar-refractivity contribution in [3.63, 3.8) is 0 Å². The van der Waals surface area contributed by atoms with Crippen molar-refractivity contribution in [3.05, 3.63) is 89.5 Å². The van der Waals surface area contributed by atoms with Gasteiger partial charge in [0.05, 0.1) is 28.3 Å². The Bertz CT molecular complexity index is 1210. The Morgan fingerprint density at radius 1 is 0.839 bits per heavy atom. The van der Waals surface area contributed by atoms with Gasteiger partial charge in [-0.1, -0.05) is 36.4 Å². The molecule has 3 aromatic carbocycles. The number of carbonyl (C=O) groups excluding carboxylic acids is 2. The topological polar surface area (TPSA) is 102 Å². The van der Waals surface area contributed by atoms with Gasteiger partial charge in [-0.05, 0) is 55.8 Å². The first kappa shape index (κ1) is 22.0. The third kappa shape index (κ3) is 5.10. The van der Waals surface area contributed by atoms with Gasteiger partial charge in [0.2, 0.25) is 0 Å². The first-order chi connectivity index (χ1) is 14.8. The number of para-hydroxylation sites is 1. The first-order valence-corrected chi connectivity index (χ1v) is 11.1. The third-order valence-corrected chi connectivity index (χ3v) is 5.93. The second-order valence-corrected chi connectivity index (χ2v) is 8.30. The van der Waals surface area contributed by atoms with Crippen molar-refractivity contribution in [2.45, 2.75) is 18.7 Å². The average molecular weight is 439 g/mol. The van der Waals surface area contributed by atoms with Crippen LogP contribution in [0.2, 0.25) is 0 Å². The molecule has 0 aromatic heterocycles. The number of hydrogen-bond acceptors (Lipinski definition) is 5. The Morgan fingerprint density at radius 3 is 2.16 bits per heavy atom. The summed E-state index contributed by atoms with van der Waals surface area (Å²) in [5, 5.41) is 2.75. The van der Waals surface area contributed by atoms with Crippen molar-refractivity contribution in [2.24, 2.45) is 0 Å². The highest BCUT2D eigenvalue weighted by Crippen LogP contribution is 2.24. The fourth-order valence-corrected chi connectivity index (χ4v) is 4.06. The molecule has 8 heteroatoms. The molecule has 0 spiro atoms. The minimum absolute atomic E-state index is 0.0863. The summed E-state index contributed by atoms with van der Waals surface area (Å²) in [4.78, 5) is 25.1. The van der Waals surface area contributed by atoms with Crippen LogP contribution in [0.3, 0.4) is 0 Å². The molecule has 1 amide bonds. The van der Waals surface area contributed by atoms with E-state index >= 15 is 0 Å². The Morgan fingerprint density at radius 2 is 1.45 bits per heavy atom. The molecule has 160 valence electrons. The highest BCUT2D eigenvalue weighted by Gasteiger charge is 2.20. The number of hydrogen-bond donors (Lipinski definition) is 2. The van der Waals surface area contributed by atoms with E-state index in [0.717, 1.165) is 0 Å². The van der Waals surface area contributed by atoms with Crippen LogP contribution >= 0.6 is 0 Å². The molecule has 3 rings (SSSR count). The molecule has 0 saturated heterocycles. The number of nitrogens with one attached hydrogen (secondary N) is 2. The molecule has 0 fully saturated rings. The van der Waals surface area contributed by atoms with Crippen LogP contribution < -0.4 is 10.0 Å². The zero-order valence-electron chi connectivity index (χ0n) is 17.1. The molecule has 0 bridgehead atoms. The molecule has 0 heterocycles. The molecular formula is C23H22N2O5S. The fraction of sp³-hybridized carbons (Fsp3) is 0.130. The summed E-state index contributed by atoms with van der Waals surface area (Å²) in [6.45, 7) is 3.65. The first-order valence-electron chi connectivity index (χ1n) is 9.58. The van der Waals surface area contributed by atoms with Gasteiger partial charge in [-0.3, -0.25) is 9.52 Å². The van der Waals surface area contributed by atoms with Crippen LogP contribution in [0.4, 0.5) is 11.4 Å². The van der Waals surface area contributed by atoms with E-state index < -0.39 is 21.9 Å². The van der Waals surface area contributed by atoms with E-state index in [1.807, 2.05) is 0 Å². The number of anilines is 2. The molecule has 0 aliphatic heterocycles. The molecule has 0 atom stereocenters. The lowest BCUT2D eigenvalue weighted by Crippen LogP contribution is -2.19. The summed E-state index contributed by atoms with van der Waals surface area (Å²) < 4.78 is 32.9. The summed E-state index contributed by atoms with van der Waals surface area (Å²) in [5.41, 5.74) is 1.61. The number of amides is 1. The van der Waals surface area contributed by atoms with Crippen molar-refractivity contribution in [1.29, 1.82) is 0 Å². The zero-order valence-corrected chi connectivity index (χ0v) is 17.9. The van der Waals surface area contributed by atoms with Gasteiger partial charge < -0.3 is 10.1 Å². The Hall–Kier alpha value is -3.65. The van der Waals surface area contributed by atoms with Gasteiger partial charge in [0.15, 0.2) is 0 Å². The van der Waals surface area contributed by atoms with Gasteiger partial charge in [0.1, 0.15) is 0 Å². The normalized spacial score (nSPS) is 10.9. The van der Waals surface area contributed by atoms with Crippen LogP contribution in [0, 0.1) is 6.92 Å². The van der Waals surface area contributed by atoms with Crippen LogP contribution in [0.5, 0.6) is 0 Å². The second-order valence-electron chi connectivity index (χ2n) is 6.62. The van der Waals surface area contributed by atoms with Crippen molar-refractivity contribution in [1.82, 2.24) is 0 Å². The Kier molecular flexibility index (Phi) is 6.71. The predicted molar refractivity (Wildman–Crippen MR) is 119 cm³/mol. The van der Waals surface area contributed by atoms with E-state index in [1.165, 1.54) is 24.3 Å². The molecule has 0 aliphatic rings. The fourth-order valence-electron chi connectivity index (χ4n) is 2.96. The third-order valence-electron chi connectivity index (χ3n) is 4.55. The predicted octanol–water partition coefficient (Wildman–Crippen LogP) is 4.22. The summed E-state index contributed by atoms with van der Waals surface area (Å²) in [6, 6.07) is 19.1. The molecule has 2 N–H and O–H groups in total. The zero-order chi connectivity index (χ0) is 22.4. The van der Waals surface area contributed by atoms with Crippen molar-refractivity contribution in [3.8, 4) is 0 Å². The average Bonchev–Trinajstić information content (AvgIpc) is 2.76.